The summed E-state index contributed by atoms with van der Waals surface area (Å²) in [6, 6.07) is 1.62. The first kappa shape index (κ1) is 16.2. The van der Waals surface area contributed by atoms with E-state index in [0.29, 0.717) is 23.6 Å². The number of aliphatic hydroxyl groups is 1. The SMILES string of the molecule is COCCNC(=O)CNC(=O)c1csc(C#CCO)c1. The molecule has 2 amide bonds. The standard InChI is InChI=1S/C13H16N2O4S/c1-19-6-4-14-12(17)8-15-13(18)10-7-11(20-9-10)3-2-5-16/h7,9,16H,4-6,8H2,1H3,(H,14,17)(H,15,18). The molecule has 0 radical (unpaired) electrons. The third kappa shape index (κ3) is 5.84. The molecule has 0 saturated heterocycles. The lowest BCUT2D eigenvalue weighted by atomic mass is 10.3. The van der Waals surface area contributed by atoms with E-state index in [1.165, 1.54) is 11.3 Å². The first-order valence-electron chi connectivity index (χ1n) is 5.89. The second kappa shape index (κ2) is 9.09. The van der Waals surface area contributed by atoms with Crippen LogP contribution >= 0.6 is 11.3 Å². The minimum absolute atomic E-state index is 0.0873. The van der Waals surface area contributed by atoms with E-state index in [9.17, 15) is 9.59 Å². The Morgan fingerprint density at radius 2 is 2.25 bits per heavy atom. The zero-order valence-corrected chi connectivity index (χ0v) is 11.9. The third-order valence-corrected chi connectivity index (χ3v) is 3.04. The highest BCUT2D eigenvalue weighted by atomic mass is 32.1. The van der Waals surface area contributed by atoms with Crippen LogP contribution in [0.25, 0.3) is 0 Å². The van der Waals surface area contributed by atoms with Gasteiger partial charge in [0.1, 0.15) is 6.61 Å². The van der Waals surface area contributed by atoms with E-state index in [2.05, 4.69) is 22.5 Å². The molecule has 0 saturated carbocycles. The van der Waals surface area contributed by atoms with E-state index in [1.54, 1.807) is 18.6 Å². The van der Waals surface area contributed by atoms with Crippen LogP contribution in [-0.4, -0.2) is 50.3 Å². The topological polar surface area (TPSA) is 87.7 Å². The molecule has 3 N–H and O–H groups in total. The van der Waals surface area contributed by atoms with Crippen molar-refractivity contribution in [1.82, 2.24) is 10.6 Å². The van der Waals surface area contributed by atoms with Crippen LogP contribution in [0, 0.1) is 11.8 Å². The van der Waals surface area contributed by atoms with Crippen molar-refractivity contribution in [1.29, 1.82) is 0 Å². The Kier molecular flexibility index (Phi) is 7.35. The Labute approximate surface area is 121 Å². The quantitative estimate of drug-likeness (QED) is 0.492. The predicted octanol–water partition coefficient (Wildman–Crippen LogP) is -0.416. The van der Waals surface area contributed by atoms with Crippen molar-refractivity contribution in [3.05, 3.63) is 21.9 Å². The zero-order chi connectivity index (χ0) is 14.8. The Morgan fingerprint density at radius 1 is 1.45 bits per heavy atom. The van der Waals surface area contributed by atoms with Gasteiger partial charge in [0.25, 0.3) is 5.91 Å². The second-order valence-electron chi connectivity index (χ2n) is 3.68. The highest BCUT2D eigenvalue weighted by Gasteiger charge is 2.09. The van der Waals surface area contributed by atoms with E-state index in [0.717, 1.165) is 0 Å². The van der Waals surface area contributed by atoms with Crippen LogP contribution in [0.5, 0.6) is 0 Å². The molecule has 0 fully saturated rings. The fourth-order valence-corrected chi connectivity index (χ4v) is 2.02. The number of rotatable bonds is 6. The maximum atomic E-state index is 11.8. The molecule has 1 heterocycles. The molecule has 0 aliphatic heterocycles. The summed E-state index contributed by atoms with van der Waals surface area (Å²) in [7, 11) is 1.54. The predicted molar refractivity (Wildman–Crippen MR) is 75.5 cm³/mol. The van der Waals surface area contributed by atoms with Crippen molar-refractivity contribution >= 4 is 23.2 Å². The summed E-state index contributed by atoms with van der Waals surface area (Å²) in [5, 5.41) is 15.3. The Morgan fingerprint density at radius 3 is 2.95 bits per heavy atom. The number of aliphatic hydroxyl groups excluding tert-OH is 1. The maximum absolute atomic E-state index is 11.8. The van der Waals surface area contributed by atoms with E-state index >= 15 is 0 Å². The van der Waals surface area contributed by atoms with Crippen LogP contribution < -0.4 is 10.6 Å². The molecule has 108 valence electrons. The molecule has 0 atom stereocenters. The lowest BCUT2D eigenvalue weighted by molar-refractivity contribution is -0.120. The highest BCUT2D eigenvalue weighted by Crippen LogP contribution is 2.13. The van der Waals surface area contributed by atoms with Gasteiger partial charge >= 0.3 is 0 Å². The molecule has 0 unspecified atom stereocenters. The molecule has 0 spiro atoms. The smallest absolute Gasteiger partial charge is 0.252 e. The lowest BCUT2D eigenvalue weighted by Crippen LogP contribution is -2.38. The monoisotopic (exact) mass is 296 g/mol. The Bertz CT molecular complexity index is 516. The summed E-state index contributed by atoms with van der Waals surface area (Å²) in [6.07, 6.45) is 0. The number of amides is 2. The summed E-state index contributed by atoms with van der Waals surface area (Å²) >= 11 is 1.31. The van der Waals surface area contributed by atoms with Gasteiger partial charge in [0.2, 0.25) is 5.91 Å². The van der Waals surface area contributed by atoms with Crippen molar-refractivity contribution in [3.8, 4) is 11.8 Å². The second-order valence-corrected chi connectivity index (χ2v) is 4.60. The van der Waals surface area contributed by atoms with Crippen LogP contribution in [0.3, 0.4) is 0 Å². The largest absolute Gasteiger partial charge is 0.384 e. The molecule has 1 rings (SSSR count). The van der Waals surface area contributed by atoms with Crippen molar-refractivity contribution in [2.24, 2.45) is 0 Å². The van der Waals surface area contributed by atoms with Gasteiger partial charge in [-0.1, -0.05) is 11.8 Å². The number of nitrogens with one attached hydrogen (secondary N) is 2. The molecule has 0 aliphatic carbocycles. The van der Waals surface area contributed by atoms with Crippen molar-refractivity contribution in [2.45, 2.75) is 0 Å². The van der Waals surface area contributed by atoms with Gasteiger partial charge in [0, 0.05) is 19.0 Å². The average Bonchev–Trinajstić information content (AvgIpc) is 2.91. The van der Waals surface area contributed by atoms with Crippen LogP contribution in [0.15, 0.2) is 11.4 Å². The zero-order valence-electron chi connectivity index (χ0n) is 11.1. The molecule has 0 aliphatic rings. The fourth-order valence-electron chi connectivity index (χ4n) is 1.27. The van der Waals surface area contributed by atoms with Gasteiger partial charge in [0.05, 0.1) is 23.6 Å². The number of ether oxygens (including phenoxy) is 1. The Balaban J connectivity index is 2.39. The van der Waals surface area contributed by atoms with E-state index in [-0.39, 0.29) is 25.0 Å². The highest BCUT2D eigenvalue weighted by molar-refractivity contribution is 7.10. The molecule has 1 aromatic rings. The van der Waals surface area contributed by atoms with Crippen LogP contribution in [0.2, 0.25) is 0 Å². The fraction of sp³-hybridized carbons (Fsp3) is 0.385. The molecule has 20 heavy (non-hydrogen) atoms. The molecule has 7 heteroatoms. The number of hydrogen-bond donors (Lipinski definition) is 3. The van der Waals surface area contributed by atoms with Crippen molar-refractivity contribution in [2.75, 3.05) is 33.4 Å². The molecular formula is C13H16N2O4S. The van der Waals surface area contributed by atoms with Crippen molar-refractivity contribution < 1.29 is 19.4 Å². The van der Waals surface area contributed by atoms with Gasteiger partial charge in [-0.2, -0.15) is 0 Å². The van der Waals surface area contributed by atoms with Crippen molar-refractivity contribution in [3.63, 3.8) is 0 Å². The maximum Gasteiger partial charge on any atom is 0.252 e. The van der Waals surface area contributed by atoms with Crippen LogP contribution in [0.1, 0.15) is 15.2 Å². The lowest BCUT2D eigenvalue weighted by Gasteiger charge is -2.05. The van der Waals surface area contributed by atoms with Gasteiger partial charge in [0.15, 0.2) is 0 Å². The molecule has 1 aromatic heterocycles. The van der Waals surface area contributed by atoms with E-state index < -0.39 is 0 Å². The van der Waals surface area contributed by atoms with Crippen LogP contribution in [0.4, 0.5) is 0 Å². The number of methoxy groups -OCH3 is 1. The summed E-state index contributed by atoms with van der Waals surface area (Å²) in [4.78, 5) is 23.8. The summed E-state index contributed by atoms with van der Waals surface area (Å²) in [5.41, 5.74) is 0.446. The molecular weight excluding hydrogens is 280 g/mol. The van der Waals surface area contributed by atoms with E-state index in [4.69, 9.17) is 9.84 Å². The Hall–Kier alpha value is -1.88. The first-order valence-corrected chi connectivity index (χ1v) is 6.77. The third-order valence-electron chi connectivity index (χ3n) is 2.19. The average molecular weight is 296 g/mol. The van der Waals surface area contributed by atoms with Gasteiger partial charge in [-0.3, -0.25) is 9.59 Å². The molecule has 6 nitrogen and oxygen atoms in total. The van der Waals surface area contributed by atoms with Gasteiger partial charge in [-0.25, -0.2) is 0 Å². The van der Waals surface area contributed by atoms with Gasteiger partial charge in [-0.15, -0.1) is 11.3 Å². The van der Waals surface area contributed by atoms with Gasteiger partial charge < -0.3 is 20.5 Å². The normalized spacial score (nSPS) is 9.50. The van der Waals surface area contributed by atoms with Gasteiger partial charge in [-0.05, 0) is 6.07 Å². The summed E-state index contributed by atoms with van der Waals surface area (Å²) in [6.45, 7) is 0.527. The van der Waals surface area contributed by atoms with E-state index in [1.807, 2.05) is 0 Å². The minimum atomic E-state index is -0.333. The number of carbonyl (C=O) groups is 2. The number of hydrogen-bond acceptors (Lipinski definition) is 5. The minimum Gasteiger partial charge on any atom is -0.384 e. The summed E-state index contributed by atoms with van der Waals surface area (Å²) < 4.78 is 4.79. The first-order chi connectivity index (χ1) is 9.67. The molecule has 0 aromatic carbocycles. The molecule has 0 bridgehead atoms. The summed E-state index contributed by atoms with van der Waals surface area (Å²) in [5.74, 6) is 4.61. The number of thiophene rings is 1. The van der Waals surface area contributed by atoms with Crippen LogP contribution in [-0.2, 0) is 9.53 Å². The number of carbonyl (C=O) groups excluding carboxylic acids is 2.